The number of nitrogens with zero attached hydrogens (tertiary/aromatic N) is 3. The summed E-state index contributed by atoms with van der Waals surface area (Å²) in [5.74, 6) is -0.244. The van der Waals surface area contributed by atoms with Crippen LogP contribution in [-0.4, -0.2) is 48.5 Å². The Labute approximate surface area is 134 Å². The lowest BCUT2D eigenvalue weighted by molar-refractivity contribution is -0.117. The predicted octanol–water partition coefficient (Wildman–Crippen LogP) is 1.98. The fourth-order valence-corrected chi connectivity index (χ4v) is 2.65. The van der Waals surface area contributed by atoms with Gasteiger partial charge in [0.15, 0.2) is 0 Å². The van der Waals surface area contributed by atoms with E-state index in [-0.39, 0.29) is 11.7 Å². The van der Waals surface area contributed by atoms with Gasteiger partial charge >= 0.3 is 0 Å². The minimum absolute atomic E-state index is 0.0218. The number of rotatable bonds is 4. The Hall–Kier alpha value is -2.47. The molecule has 0 saturated carbocycles. The molecule has 1 aliphatic heterocycles. The van der Waals surface area contributed by atoms with Gasteiger partial charge in [0, 0.05) is 49.9 Å². The molecule has 1 amide bonds. The number of anilines is 2. The Bertz CT molecular complexity index is 639. The fraction of sp³-hybridized carbons (Fsp3) is 0.294. The number of carbonyl (C=O) groups excluding carboxylic acids is 1. The summed E-state index contributed by atoms with van der Waals surface area (Å²) in [5, 5.41) is 2.86. The summed E-state index contributed by atoms with van der Waals surface area (Å²) in [4.78, 5) is 20.3. The molecule has 0 aliphatic carbocycles. The maximum Gasteiger partial charge on any atom is 0.238 e. The zero-order chi connectivity index (χ0) is 16.1. The van der Waals surface area contributed by atoms with Crippen molar-refractivity contribution < 1.29 is 9.18 Å². The standard InChI is InChI=1S/C17H19FN4O/c18-14-1-3-16(4-2-14)22-11-9-21(10-12-22)13-17(23)20-15-5-7-19-8-6-15/h1-8H,9-13H2,(H,19,20,23). The molecular formula is C17H19FN4O. The van der Waals surface area contributed by atoms with Gasteiger partial charge in [-0.2, -0.15) is 0 Å². The van der Waals surface area contributed by atoms with Crippen LogP contribution in [-0.2, 0) is 4.79 Å². The van der Waals surface area contributed by atoms with Crippen LogP contribution in [0.2, 0.25) is 0 Å². The van der Waals surface area contributed by atoms with Gasteiger partial charge in [0.25, 0.3) is 0 Å². The molecule has 3 rings (SSSR count). The molecule has 1 aromatic heterocycles. The van der Waals surface area contributed by atoms with E-state index in [0.29, 0.717) is 6.54 Å². The van der Waals surface area contributed by atoms with Crippen LogP contribution in [0.3, 0.4) is 0 Å². The van der Waals surface area contributed by atoms with Crippen LogP contribution in [0.5, 0.6) is 0 Å². The van der Waals surface area contributed by atoms with Crippen molar-refractivity contribution in [2.45, 2.75) is 0 Å². The van der Waals surface area contributed by atoms with Crippen molar-refractivity contribution in [3.8, 4) is 0 Å². The molecule has 0 unspecified atom stereocenters. The first-order valence-corrected chi connectivity index (χ1v) is 7.63. The Kier molecular flexibility index (Phi) is 4.83. The van der Waals surface area contributed by atoms with E-state index in [4.69, 9.17) is 0 Å². The number of hydrogen-bond acceptors (Lipinski definition) is 4. The Balaban J connectivity index is 1.47. The number of benzene rings is 1. The van der Waals surface area contributed by atoms with E-state index in [0.717, 1.165) is 37.6 Å². The second kappa shape index (κ2) is 7.19. The minimum Gasteiger partial charge on any atom is -0.369 e. The van der Waals surface area contributed by atoms with Crippen LogP contribution in [0.4, 0.5) is 15.8 Å². The van der Waals surface area contributed by atoms with E-state index >= 15 is 0 Å². The lowest BCUT2D eigenvalue weighted by Crippen LogP contribution is -2.48. The molecule has 2 aromatic rings. The highest BCUT2D eigenvalue weighted by atomic mass is 19.1. The maximum absolute atomic E-state index is 13.0. The number of carbonyl (C=O) groups is 1. The first kappa shape index (κ1) is 15.4. The number of halogens is 1. The molecule has 1 saturated heterocycles. The van der Waals surface area contributed by atoms with Gasteiger partial charge in [-0.15, -0.1) is 0 Å². The predicted molar refractivity (Wildman–Crippen MR) is 87.9 cm³/mol. The highest BCUT2D eigenvalue weighted by molar-refractivity contribution is 5.92. The lowest BCUT2D eigenvalue weighted by Gasteiger charge is -2.35. The normalized spacial score (nSPS) is 15.4. The molecule has 1 aromatic carbocycles. The number of aromatic nitrogens is 1. The SMILES string of the molecule is O=C(CN1CCN(c2ccc(F)cc2)CC1)Nc1ccncc1. The molecular weight excluding hydrogens is 295 g/mol. The third-order valence-corrected chi connectivity index (χ3v) is 3.90. The number of amides is 1. The van der Waals surface area contributed by atoms with Crippen LogP contribution in [0.25, 0.3) is 0 Å². The third-order valence-electron chi connectivity index (χ3n) is 3.90. The molecule has 0 bridgehead atoms. The molecule has 6 heteroatoms. The molecule has 23 heavy (non-hydrogen) atoms. The van der Waals surface area contributed by atoms with Crippen molar-refractivity contribution in [1.29, 1.82) is 0 Å². The van der Waals surface area contributed by atoms with Gasteiger partial charge in [0.2, 0.25) is 5.91 Å². The number of hydrogen-bond donors (Lipinski definition) is 1. The van der Waals surface area contributed by atoms with Gasteiger partial charge in [-0.05, 0) is 36.4 Å². The van der Waals surface area contributed by atoms with Gasteiger partial charge in [0.1, 0.15) is 5.82 Å². The largest absolute Gasteiger partial charge is 0.369 e. The summed E-state index contributed by atoms with van der Waals surface area (Å²) < 4.78 is 13.0. The maximum atomic E-state index is 13.0. The molecule has 120 valence electrons. The smallest absolute Gasteiger partial charge is 0.238 e. The number of pyridine rings is 1. The topological polar surface area (TPSA) is 48.5 Å². The van der Waals surface area contributed by atoms with E-state index in [2.05, 4.69) is 20.1 Å². The molecule has 1 aliphatic rings. The van der Waals surface area contributed by atoms with Gasteiger partial charge < -0.3 is 10.2 Å². The average Bonchev–Trinajstić information content (AvgIpc) is 2.57. The molecule has 0 atom stereocenters. The summed E-state index contributed by atoms with van der Waals surface area (Å²) in [6.45, 7) is 3.64. The van der Waals surface area contributed by atoms with Gasteiger partial charge in [0.05, 0.1) is 6.54 Å². The summed E-state index contributed by atoms with van der Waals surface area (Å²) in [6, 6.07) is 10.1. The van der Waals surface area contributed by atoms with Crippen LogP contribution < -0.4 is 10.2 Å². The Morgan fingerprint density at radius 3 is 2.35 bits per heavy atom. The zero-order valence-electron chi connectivity index (χ0n) is 12.8. The fourth-order valence-electron chi connectivity index (χ4n) is 2.65. The lowest BCUT2D eigenvalue weighted by atomic mass is 10.2. The highest BCUT2D eigenvalue weighted by Gasteiger charge is 2.19. The summed E-state index contributed by atoms with van der Waals surface area (Å²) in [7, 11) is 0. The van der Waals surface area contributed by atoms with Crippen molar-refractivity contribution in [3.63, 3.8) is 0 Å². The summed E-state index contributed by atoms with van der Waals surface area (Å²) in [5.41, 5.74) is 1.78. The van der Waals surface area contributed by atoms with E-state index in [1.54, 1.807) is 36.7 Å². The van der Waals surface area contributed by atoms with Crippen molar-refractivity contribution in [1.82, 2.24) is 9.88 Å². The van der Waals surface area contributed by atoms with Crippen molar-refractivity contribution in [3.05, 3.63) is 54.6 Å². The molecule has 0 radical (unpaired) electrons. The third kappa shape index (κ3) is 4.26. The monoisotopic (exact) mass is 314 g/mol. The Morgan fingerprint density at radius 2 is 1.70 bits per heavy atom. The Morgan fingerprint density at radius 1 is 1.04 bits per heavy atom. The average molecular weight is 314 g/mol. The van der Waals surface area contributed by atoms with Crippen LogP contribution in [0, 0.1) is 5.82 Å². The molecule has 1 N–H and O–H groups in total. The van der Waals surface area contributed by atoms with Crippen molar-refractivity contribution >= 4 is 17.3 Å². The highest BCUT2D eigenvalue weighted by Crippen LogP contribution is 2.16. The van der Waals surface area contributed by atoms with Gasteiger partial charge in [-0.3, -0.25) is 14.7 Å². The molecule has 2 heterocycles. The molecule has 5 nitrogen and oxygen atoms in total. The summed E-state index contributed by atoms with van der Waals surface area (Å²) in [6.07, 6.45) is 3.30. The van der Waals surface area contributed by atoms with Crippen LogP contribution in [0.1, 0.15) is 0 Å². The quantitative estimate of drug-likeness (QED) is 0.937. The second-order valence-electron chi connectivity index (χ2n) is 5.52. The van der Waals surface area contributed by atoms with E-state index < -0.39 is 0 Å². The number of piperazine rings is 1. The second-order valence-corrected chi connectivity index (χ2v) is 5.52. The van der Waals surface area contributed by atoms with E-state index in [1.807, 2.05) is 0 Å². The summed E-state index contributed by atoms with van der Waals surface area (Å²) >= 11 is 0. The number of nitrogens with one attached hydrogen (secondary N) is 1. The first-order valence-electron chi connectivity index (χ1n) is 7.63. The molecule has 0 spiro atoms. The van der Waals surface area contributed by atoms with Crippen LogP contribution in [0.15, 0.2) is 48.8 Å². The van der Waals surface area contributed by atoms with Gasteiger partial charge in [-0.1, -0.05) is 0 Å². The van der Waals surface area contributed by atoms with Crippen molar-refractivity contribution in [2.24, 2.45) is 0 Å². The van der Waals surface area contributed by atoms with Crippen LogP contribution >= 0.6 is 0 Å². The van der Waals surface area contributed by atoms with E-state index in [1.165, 1.54) is 12.1 Å². The molecule has 1 fully saturated rings. The van der Waals surface area contributed by atoms with E-state index in [9.17, 15) is 9.18 Å². The van der Waals surface area contributed by atoms with Gasteiger partial charge in [-0.25, -0.2) is 4.39 Å². The van der Waals surface area contributed by atoms with Crippen molar-refractivity contribution in [2.75, 3.05) is 42.9 Å². The minimum atomic E-state index is -0.222. The zero-order valence-corrected chi connectivity index (χ0v) is 12.8. The first-order chi connectivity index (χ1) is 11.2.